The number of hydrogen-bond acceptors (Lipinski definition) is 9. The van der Waals surface area contributed by atoms with Crippen molar-refractivity contribution in [2.75, 3.05) is 7.11 Å². The van der Waals surface area contributed by atoms with Crippen molar-refractivity contribution in [1.82, 2.24) is 25.6 Å². The van der Waals surface area contributed by atoms with Gasteiger partial charge in [-0.1, -0.05) is 30.3 Å². The monoisotopic (exact) mass is 447 g/mol. The Kier molecular flexibility index (Phi) is 6.16. The molecule has 0 spiro atoms. The Bertz CT molecular complexity index is 1310. The molecule has 166 valence electrons. The van der Waals surface area contributed by atoms with Gasteiger partial charge in [0.25, 0.3) is 11.6 Å². The molecule has 0 saturated carbocycles. The van der Waals surface area contributed by atoms with Crippen LogP contribution in [0, 0.1) is 10.1 Å². The molecule has 4 aromatic rings. The molecule has 33 heavy (non-hydrogen) atoms. The number of aromatic nitrogens is 4. The Morgan fingerprint density at radius 1 is 1.24 bits per heavy atom. The molecule has 0 aliphatic rings. The Balaban J connectivity index is 1.38. The third kappa shape index (κ3) is 5.07. The van der Waals surface area contributed by atoms with Gasteiger partial charge < -0.3 is 9.15 Å². The van der Waals surface area contributed by atoms with E-state index in [1.807, 2.05) is 30.3 Å². The van der Waals surface area contributed by atoms with E-state index in [9.17, 15) is 14.9 Å². The predicted molar refractivity (Wildman–Crippen MR) is 116 cm³/mol. The summed E-state index contributed by atoms with van der Waals surface area (Å²) in [6.45, 7) is -0.175. The number of methoxy groups -OCH3 is 1. The number of nitro groups is 1. The lowest BCUT2D eigenvalue weighted by atomic mass is 10.1. The number of nitrogens with one attached hydrogen (secondary N) is 1. The molecular formula is C21H17N7O5. The van der Waals surface area contributed by atoms with Crippen LogP contribution in [0.5, 0.6) is 5.75 Å². The average Bonchev–Trinajstić information content (AvgIpc) is 3.49. The van der Waals surface area contributed by atoms with Crippen molar-refractivity contribution < 1.29 is 18.9 Å². The van der Waals surface area contributed by atoms with Crippen LogP contribution in [-0.4, -0.2) is 44.4 Å². The molecule has 0 aliphatic heterocycles. The zero-order valence-electron chi connectivity index (χ0n) is 17.3. The number of benzene rings is 2. The first-order valence-corrected chi connectivity index (χ1v) is 9.61. The quantitative estimate of drug-likeness (QED) is 0.246. The molecule has 2 aromatic carbocycles. The Morgan fingerprint density at radius 3 is 2.82 bits per heavy atom. The van der Waals surface area contributed by atoms with Crippen molar-refractivity contribution in [3.8, 4) is 28.5 Å². The number of rotatable bonds is 8. The third-order valence-corrected chi connectivity index (χ3v) is 4.44. The number of furan rings is 1. The fourth-order valence-electron chi connectivity index (χ4n) is 2.91. The second-order valence-corrected chi connectivity index (χ2v) is 6.65. The number of nitrogens with zero attached hydrogens (tertiary/aromatic N) is 6. The van der Waals surface area contributed by atoms with Crippen LogP contribution in [0.1, 0.15) is 5.76 Å². The highest BCUT2D eigenvalue weighted by Gasteiger charge is 2.16. The first-order valence-electron chi connectivity index (χ1n) is 9.61. The van der Waals surface area contributed by atoms with Crippen LogP contribution in [0.3, 0.4) is 0 Å². The minimum Gasteiger partial charge on any atom is -0.496 e. The molecule has 0 unspecified atom stereocenters. The van der Waals surface area contributed by atoms with E-state index in [0.29, 0.717) is 28.7 Å². The van der Waals surface area contributed by atoms with E-state index < -0.39 is 10.8 Å². The maximum absolute atomic E-state index is 12.1. The Hall–Kier alpha value is -4.87. The molecule has 0 fully saturated rings. The summed E-state index contributed by atoms with van der Waals surface area (Å²) in [7, 11) is 1.46. The number of carbonyl (C=O) groups is 1. The van der Waals surface area contributed by atoms with E-state index in [1.54, 1.807) is 12.1 Å². The number of hydrogen-bond donors (Lipinski definition) is 1. The van der Waals surface area contributed by atoms with E-state index in [2.05, 4.69) is 25.9 Å². The van der Waals surface area contributed by atoms with Gasteiger partial charge in [-0.2, -0.15) is 9.90 Å². The molecule has 12 heteroatoms. The second-order valence-electron chi connectivity index (χ2n) is 6.65. The summed E-state index contributed by atoms with van der Waals surface area (Å²) in [5.41, 5.74) is 3.46. The standard InChI is InChI=1S/C21H17N7O5/c1-32-18-9-7-15(28(30)31)11-17(18)19-10-8-16(33-19)12-22-23-20(29)13-27-25-21(24-26-27)14-5-3-2-4-6-14/h2-12H,13H2,1H3,(H,23,29)/b22-12-. The van der Waals surface area contributed by atoms with Crippen LogP contribution in [0.2, 0.25) is 0 Å². The third-order valence-electron chi connectivity index (χ3n) is 4.44. The summed E-state index contributed by atoms with van der Waals surface area (Å²) < 4.78 is 10.9. The van der Waals surface area contributed by atoms with Gasteiger partial charge in [0.1, 0.15) is 23.8 Å². The highest BCUT2D eigenvalue weighted by atomic mass is 16.6. The highest BCUT2D eigenvalue weighted by Crippen LogP contribution is 2.34. The molecule has 4 rings (SSSR count). The molecule has 2 aromatic heterocycles. The summed E-state index contributed by atoms with van der Waals surface area (Å²) >= 11 is 0. The number of ether oxygens (including phenoxy) is 1. The summed E-state index contributed by atoms with van der Waals surface area (Å²) in [4.78, 5) is 23.8. The van der Waals surface area contributed by atoms with Crippen molar-refractivity contribution in [2.24, 2.45) is 5.10 Å². The normalized spacial score (nSPS) is 10.9. The highest BCUT2D eigenvalue weighted by molar-refractivity contribution is 5.81. The van der Waals surface area contributed by atoms with Gasteiger partial charge >= 0.3 is 0 Å². The molecule has 0 saturated heterocycles. The largest absolute Gasteiger partial charge is 0.496 e. The molecule has 0 radical (unpaired) electrons. The fourth-order valence-corrected chi connectivity index (χ4v) is 2.91. The SMILES string of the molecule is COc1ccc([N+](=O)[O-])cc1-c1ccc(/C=N\NC(=O)Cn2nnc(-c3ccccc3)n2)o1. The molecule has 0 bridgehead atoms. The maximum Gasteiger partial charge on any atom is 0.270 e. The minimum atomic E-state index is -0.503. The van der Waals surface area contributed by atoms with E-state index in [4.69, 9.17) is 9.15 Å². The molecule has 1 N–H and O–H groups in total. The first-order chi connectivity index (χ1) is 16.0. The van der Waals surface area contributed by atoms with Crippen molar-refractivity contribution in [1.29, 1.82) is 0 Å². The minimum absolute atomic E-state index is 0.0955. The van der Waals surface area contributed by atoms with Crippen LogP contribution >= 0.6 is 0 Å². The predicted octanol–water partition coefficient (Wildman–Crippen LogP) is 2.67. The van der Waals surface area contributed by atoms with Crippen LogP contribution in [0.4, 0.5) is 5.69 Å². The maximum atomic E-state index is 12.1. The van der Waals surface area contributed by atoms with Gasteiger partial charge in [-0.3, -0.25) is 14.9 Å². The van der Waals surface area contributed by atoms with E-state index in [0.717, 1.165) is 10.4 Å². The summed E-state index contributed by atoms with van der Waals surface area (Å²) in [6, 6.07) is 16.7. The lowest BCUT2D eigenvalue weighted by Crippen LogP contribution is -2.24. The number of tetrazole rings is 1. The van der Waals surface area contributed by atoms with Crippen molar-refractivity contribution in [3.05, 3.63) is 76.5 Å². The van der Waals surface area contributed by atoms with Crippen LogP contribution < -0.4 is 10.2 Å². The van der Waals surface area contributed by atoms with Gasteiger partial charge in [0.2, 0.25) is 5.82 Å². The molecule has 2 heterocycles. The molecule has 0 aliphatic carbocycles. The summed E-state index contributed by atoms with van der Waals surface area (Å²) in [5, 5.41) is 26.9. The van der Waals surface area contributed by atoms with Gasteiger partial charge in [-0.15, -0.1) is 10.2 Å². The van der Waals surface area contributed by atoms with Crippen LogP contribution in [0.15, 0.2) is 70.2 Å². The number of amides is 1. The topological polar surface area (TPSA) is 151 Å². The van der Waals surface area contributed by atoms with E-state index in [1.165, 1.54) is 31.5 Å². The van der Waals surface area contributed by atoms with Crippen molar-refractivity contribution in [2.45, 2.75) is 6.54 Å². The van der Waals surface area contributed by atoms with Crippen molar-refractivity contribution >= 4 is 17.8 Å². The Morgan fingerprint density at radius 2 is 2.06 bits per heavy atom. The number of hydrazone groups is 1. The van der Waals surface area contributed by atoms with Crippen LogP contribution in [0.25, 0.3) is 22.7 Å². The lowest BCUT2D eigenvalue weighted by Gasteiger charge is -2.05. The van der Waals surface area contributed by atoms with Gasteiger partial charge in [-0.05, 0) is 23.4 Å². The zero-order valence-corrected chi connectivity index (χ0v) is 17.3. The van der Waals surface area contributed by atoms with Crippen LogP contribution in [-0.2, 0) is 11.3 Å². The van der Waals surface area contributed by atoms with Gasteiger partial charge in [0.05, 0.1) is 23.8 Å². The molecular weight excluding hydrogens is 430 g/mol. The lowest BCUT2D eigenvalue weighted by molar-refractivity contribution is -0.384. The smallest absolute Gasteiger partial charge is 0.270 e. The number of carbonyl (C=O) groups excluding carboxylic acids is 1. The molecule has 0 atom stereocenters. The van der Waals surface area contributed by atoms with Gasteiger partial charge in [0.15, 0.2) is 0 Å². The molecule has 12 nitrogen and oxygen atoms in total. The van der Waals surface area contributed by atoms with Gasteiger partial charge in [-0.25, -0.2) is 5.43 Å². The Labute approximate surface area is 186 Å². The van der Waals surface area contributed by atoms with E-state index >= 15 is 0 Å². The average molecular weight is 447 g/mol. The number of non-ortho nitro benzene ring substituents is 1. The van der Waals surface area contributed by atoms with Gasteiger partial charge in [0, 0.05) is 17.7 Å². The summed E-state index contributed by atoms with van der Waals surface area (Å²) in [5.74, 6) is 1.04. The fraction of sp³-hybridized carbons (Fsp3) is 0.0952. The molecule has 1 amide bonds. The van der Waals surface area contributed by atoms with Crippen molar-refractivity contribution in [3.63, 3.8) is 0 Å². The first kappa shape index (κ1) is 21.4. The van der Waals surface area contributed by atoms with E-state index in [-0.39, 0.29) is 12.2 Å². The zero-order chi connectivity index (χ0) is 23.2. The number of nitro benzene ring substituents is 1. The second kappa shape index (κ2) is 9.51. The summed E-state index contributed by atoms with van der Waals surface area (Å²) in [6.07, 6.45) is 1.30.